The van der Waals surface area contributed by atoms with Crippen LogP contribution >= 0.6 is 0 Å². The fourth-order valence-electron chi connectivity index (χ4n) is 4.48. The zero-order valence-electron chi connectivity index (χ0n) is 15.1. The number of carbonyl (C=O) groups excluding carboxylic acids is 1. The van der Waals surface area contributed by atoms with Gasteiger partial charge in [0.25, 0.3) is 0 Å². The minimum atomic E-state index is -0.428. The van der Waals surface area contributed by atoms with Crippen molar-refractivity contribution in [2.75, 3.05) is 33.4 Å². The van der Waals surface area contributed by atoms with E-state index in [-0.39, 0.29) is 17.1 Å². The smallest absolute Gasteiger partial charge is 0.228 e. The molecule has 1 aliphatic carbocycles. The van der Waals surface area contributed by atoms with Crippen LogP contribution in [0, 0.1) is 11.2 Å². The number of methoxy groups -OCH3 is 1. The van der Waals surface area contributed by atoms with Crippen LogP contribution in [0.25, 0.3) is 0 Å². The van der Waals surface area contributed by atoms with Gasteiger partial charge in [-0.05, 0) is 56.5 Å². The summed E-state index contributed by atoms with van der Waals surface area (Å²) in [5, 5.41) is 6.55. The lowest BCUT2D eigenvalue weighted by Gasteiger charge is -2.37. The molecule has 0 unspecified atom stereocenters. The quantitative estimate of drug-likeness (QED) is 0.831. The highest BCUT2D eigenvalue weighted by molar-refractivity contribution is 5.83. The molecular formula is C20H29FN2O2. The molecule has 1 aromatic rings. The second kappa shape index (κ2) is 7.83. The van der Waals surface area contributed by atoms with E-state index in [0.29, 0.717) is 13.2 Å². The van der Waals surface area contributed by atoms with Gasteiger partial charge in [0.2, 0.25) is 5.91 Å². The van der Waals surface area contributed by atoms with E-state index in [9.17, 15) is 9.18 Å². The molecule has 1 aromatic carbocycles. The number of hydrogen-bond donors (Lipinski definition) is 2. The summed E-state index contributed by atoms with van der Waals surface area (Å²) in [7, 11) is 1.66. The summed E-state index contributed by atoms with van der Waals surface area (Å²) in [6.45, 7) is 2.78. The molecule has 0 atom stereocenters. The highest BCUT2D eigenvalue weighted by Gasteiger charge is 2.42. The zero-order valence-corrected chi connectivity index (χ0v) is 15.1. The summed E-state index contributed by atoms with van der Waals surface area (Å²) in [5.41, 5.74) is 0.644. The number of piperidine rings is 1. The van der Waals surface area contributed by atoms with Crippen LogP contribution in [-0.2, 0) is 14.9 Å². The van der Waals surface area contributed by atoms with Gasteiger partial charge in [0.05, 0.1) is 12.0 Å². The van der Waals surface area contributed by atoms with Crippen LogP contribution in [0.4, 0.5) is 4.39 Å². The van der Waals surface area contributed by atoms with E-state index < -0.39 is 5.41 Å². The van der Waals surface area contributed by atoms with Gasteiger partial charge in [-0.3, -0.25) is 4.79 Å². The van der Waals surface area contributed by atoms with Crippen LogP contribution < -0.4 is 10.6 Å². The van der Waals surface area contributed by atoms with Crippen LogP contribution in [0.5, 0.6) is 0 Å². The Bertz CT molecular complexity index is 570. The van der Waals surface area contributed by atoms with Crippen LogP contribution in [0.2, 0.25) is 0 Å². The molecule has 0 radical (unpaired) electrons. The molecule has 2 fully saturated rings. The lowest BCUT2D eigenvalue weighted by atomic mass is 9.76. The number of halogens is 1. The first-order valence-corrected chi connectivity index (χ1v) is 9.34. The predicted molar refractivity (Wildman–Crippen MR) is 96.0 cm³/mol. The lowest BCUT2D eigenvalue weighted by Crippen LogP contribution is -2.52. The number of benzene rings is 1. The highest BCUT2D eigenvalue weighted by Crippen LogP contribution is 2.41. The molecule has 0 aromatic heterocycles. The van der Waals surface area contributed by atoms with Gasteiger partial charge in [0, 0.05) is 19.1 Å². The van der Waals surface area contributed by atoms with E-state index in [0.717, 1.165) is 57.2 Å². The van der Waals surface area contributed by atoms with E-state index in [4.69, 9.17) is 4.74 Å². The lowest BCUT2D eigenvalue weighted by molar-refractivity contribution is -0.136. The average molecular weight is 348 g/mol. The molecule has 1 saturated heterocycles. The number of carbonyl (C=O) groups is 1. The van der Waals surface area contributed by atoms with E-state index in [1.54, 1.807) is 7.11 Å². The van der Waals surface area contributed by atoms with Gasteiger partial charge in [-0.2, -0.15) is 0 Å². The largest absolute Gasteiger partial charge is 0.384 e. The van der Waals surface area contributed by atoms with E-state index >= 15 is 0 Å². The van der Waals surface area contributed by atoms with Crippen molar-refractivity contribution in [3.63, 3.8) is 0 Å². The van der Waals surface area contributed by atoms with E-state index in [2.05, 4.69) is 10.6 Å². The Hall–Kier alpha value is -1.46. The Balaban J connectivity index is 1.72. The summed E-state index contributed by atoms with van der Waals surface area (Å²) in [5.74, 6) is -0.112. The number of rotatable bonds is 6. The first-order valence-electron chi connectivity index (χ1n) is 9.34. The van der Waals surface area contributed by atoms with Crippen molar-refractivity contribution >= 4 is 5.91 Å². The van der Waals surface area contributed by atoms with Gasteiger partial charge < -0.3 is 15.4 Å². The molecule has 5 heteroatoms. The maximum atomic E-state index is 13.3. The third kappa shape index (κ3) is 3.87. The molecule has 4 nitrogen and oxygen atoms in total. The third-order valence-electron chi connectivity index (χ3n) is 6.07. The fraction of sp³-hybridized carbons (Fsp3) is 0.650. The number of hydrogen-bond acceptors (Lipinski definition) is 3. The summed E-state index contributed by atoms with van der Waals surface area (Å²) in [6, 6.07) is 6.80. The minimum absolute atomic E-state index is 0.0649. The Morgan fingerprint density at radius 3 is 2.40 bits per heavy atom. The average Bonchev–Trinajstić information content (AvgIpc) is 3.11. The Morgan fingerprint density at radius 1 is 1.16 bits per heavy atom. The molecule has 2 aliphatic rings. The van der Waals surface area contributed by atoms with Crippen LogP contribution in [-0.4, -0.2) is 39.3 Å². The molecule has 0 spiro atoms. The number of ether oxygens (including phenoxy) is 1. The molecular weight excluding hydrogens is 319 g/mol. The fourth-order valence-corrected chi connectivity index (χ4v) is 4.48. The van der Waals surface area contributed by atoms with Crippen LogP contribution in [0.15, 0.2) is 24.3 Å². The van der Waals surface area contributed by atoms with E-state index in [1.807, 2.05) is 12.1 Å². The van der Waals surface area contributed by atoms with Crippen molar-refractivity contribution in [1.82, 2.24) is 10.6 Å². The molecule has 25 heavy (non-hydrogen) atoms. The normalized spacial score (nSPS) is 21.8. The van der Waals surface area contributed by atoms with Crippen molar-refractivity contribution < 1.29 is 13.9 Å². The van der Waals surface area contributed by atoms with Crippen molar-refractivity contribution in [2.45, 2.75) is 43.9 Å². The minimum Gasteiger partial charge on any atom is -0.384 e. The van der Waals surface area contributed by atoms with Gasteiger partial charge in [-0.15, -0.1) is 0 Å². The summed E-state index contributed by atoms with van der Waals surface area (Å²) >= 11 is 0. The van der Waals surface area contributed by atoms with Gasteiger partial charge in [0.1, 0.15) is 5.82 Å². The van der Waals surface area contributed by atoms with E-state index in [1.165, 1.54) is 12.1 Å². The molecule has 138 valence electrons. The number of amides is 1. The molecule has 1 saturated carbocycles. The van der Waals surface area contributed by atoms with Gasteiger partial charge in [0.15, 0.2) is 0 Å². The monoisotopic (exact) mass is 348 g/mol. The maximum absolute atomic E-state index is 13.3. The Kier molecular flexibility index (Phi) is 5.74. The Morgan fingerprint density at radius 2 is 1.80 bits per heavy atom. The number of nitrogens with one attached hydrogen (secondary N) is 2. The van der Waals surface area contributed by atoms with Gasteiger partial charge >= 0.3 is 0 Å². The van der Waals surface area contributed by atoms with Crippen LogP contribution in [0.1, 0.15) is 44.1 Å². The van der Waals surface area contributed by atoms with Crippen molar-refractivity contribution in [3.05, 3.63) is 35.6 Å². The molecule has 3 rings (SSSR count). The first kappa shape index (κ1) is 18.3. The molecule has 2 N–H and O–H groups in total. The second-order valence-corrected chi connectivity index (χ2v) is 7.64. The zero-order chi connectivity index (χ0) is 17.8. The highest BCUT2D eigenvalue weighted by atomic mass is 19.1. The molecule has 0 bridgehead atoms. The second-order valence-electron chi connectivity index (χ2n) is 7.64. The van der Waals surface area contributed by atoms with Crippen LogP contribution in [0.3, 0.4) is 0 Å². The molecule has 1 heterocycles. The SMILES string of the molecule is COCC1(C(=O)NCC2(c3ccc(F)cc3)CCCC2)CCNCC1. The van der Waals surface area contributed by atoms with Crippen molar-refractivity contribution in [1.29, 1.82) is 0 Å². The molecule has 1 aliphatic heterocycles. The standard InChI is InChI=1S/C20H29FN2O2/c1-25-15-20(10-12-22-13-11-20)18(24)23-14-19(8-2-3-9-19)16-4-6-17(21)7-5-16/h4-7,22H,2-3,8-15H2,1H3,(H,23,24). The van der Waals surface area contributed by atoms with Gasteiger partial charge in [-0.1, -0.05) is 25.0 Å². The van der Waals surface area contributed by atoms with Crippen molar-refractivity contribution in [2.24, 2.45) is 5.41 Å². The topological polar surface area (TPSA) is 50.4 Å². The summed E-state index contributed by atoms with van der Waals surface area (Å²) in [6.07, 6.45) is 5.99. The summed E-state index contributed by atoms with van der Waals surface area (Å²) < 4.78 is 18.7. The first-order chi connectivity index (χ1) is 12.1. The Labute approximate surface area is 149 Å². The summed E-state index contributed by atoms with van der Waals surface area (Å²) in [4.78, 5) is 13.0. The van der Waals surface area contributed by atoms with Gasteiger partial charge in [-0.25, -0.2) is 4.39 Å². The van der Waals surface area contributed by atoms with Crippen molar-refractivity contribution in [3.8, 4) is 0 Å². The maximum Gasteiger partial charge on any atom is 0.228 e. The third-order valence-corrected chi connectivity index (χ3v) is 6.07. The molecule has 1 amide bonds. The predicted octanol–water partition coefficient (Wildman–Crippen LogP) is 2.77.